The molecule has 3 rings (SSSR count). The number of pyridine rings is 1. The minimum Gasteiger partial charge on any atom is -0.347 e. The van der Waals surface area contributed by atoms with Crippen LogP contribution < -0.4 is 10.7 Å². The summed E-state index contributed by atoms with van der Waals surface area (Å²) in [7, 11) is 1.86. The van der Waals surface area contributed by atoms with Gasteiger partial charge in [-0.05, 0) is 31.2 Å². The van der Waals surface area contributed by atoms with Crippen LogP contribution in [0.4, 0.5) is 5.69 Å². The maximum Gasteiger partial charge on any atom is 0.261 e. The standard InChI is InChI=1S/C18H16N2O2/c1-12-16(18(22)19-13-8-4-3-5-9-13)17(21)14-10-6-7-11-15(14)20(12)2/h3-11H,1-2H3,(H,19,22). The second kappa shape index (κ2) is 5.48. The summed E-state index contributed by atoms with van der Waals surface area (Å²) < 4.78 is 1.87. The van der Waals surface area contributed by atoms with E-state index in [0.717, 1.165) is 5.52 Å². The fraction of sp³-hybridized carbons (Fsp3) is 0.111. The summed E-state index contributed by atoms with van der Waals surface area (Å²) in [6, 6.07) is 16.4. The van der Waals surface area contributed by atoms with Crippen molar-refractivity contribution < 1.29 is 4.79 Å². The fourth-order valence-electron chi connectivity index (χ4n) is 2.59. The number of aromatic nitrogens is 1. The normalized spacial score (nSPS) is 10.6. The monoisotopic (exact) mass is 292 g/mol. The Morgan fingerprint density at radius 1 is 1.00 bits per heavy atom. The number of anilines is 1. The molecule has 0 saturated carbocycles. The summed E-state index contributed by atoms with van der Waals surface area (Å²) in [5.74, 6) is -0.380. The lowest BCUT2D eigenvalue weighted by Gasteiger charge is -2.14. The van der Waals surface area contributed by atoms with Gasteiger partial charge in [-0.1, -0.05) is 30.3 Å². The molecular formula is C18H16N2O2. The van der Waals surface area contributed by atoms with E-state index in [2.05, 4.69) is 5.32 Å². The number of carbonyl (C=O) groups is 1. The van der Waals surface area contributed by atoms with Crippen molar-refractivity contribution in [1.29, 1.82) is 0 Å². The van der Waals surface area contributed by atoms with Gasteiger partial charge in [-0.25, -0.2) is 0 Å². The number of hydrogen-bond donors (Lipinski definition) is 1. The lowest BCUT2D eigenvalue weighted by Crippen LogP contribution is -2.26. The molecule has 1 heterocycles. The van der Waals surface area contributed by atoms with Crippen LogP contribution in [0.3, 0.4) is 0 Å². The van der Waals surface area contributed by atoms with E-state index in [4.69, 9.17) is 0 Å². The SMILES string of the molecule is Cc1c(C(=O)Nc2ccccc2)c(=O)c2ccccc2n1C. The molecule has 1 aromatic heterocycles. The summed E-state index contributed by atoms with van der Waals surface area (Å²) in [5.41, 5.74) is 2.09. The van der Waals surface area contributed by atoms with Crippen molar-refractivity contribution in [1.82, 2.24) is 4.57 Å². The van der Waals surface area contributed by atoms with Crippen LogP contribution in [-0.4, -0.2) is 10.5 Å². The molecule has 0 aliphatic heterocycles. The first kappa shape index (κ1) is 14.1. The van der Waals surface area contributed by atoms with Crippen LogP contribution >= 0.6 is 0 Å². The molecule has 2 aromatic carbocycles. The Labute approximate surface area is 128 Å². The molecule has 110 valence electrons. The second-order valence-electron chi connectivity index (χ2n) is 5.19. The third-order valence-corrected chi connectivity index (χ3v) is 3.86. The van der Waals surface area contributed by atoms with Crippen LogP contribution in [0.25, 0.3) is 10.9 Å². The van der Waals surface area contributed by atoms with Crippen molar-refractivity contribution in [2.24, 2.45) is 7.05 Å². The number of para-hydroxylation sites is 2. The van der Waals surface area contributed by atoms with Gasteiger partial charge in [0.1, 0.15) is 5.56 Å². The van der Waals surface area contributed by atoms with E-state index in [9.17, 15) is 9.59 Å². The molecule has 4 nitrogen and oxygen atoms in total. The number of hydrogen-bond acceptors (Lipinski definition) is 2. The summed E-state index contributed by atoms with van der Waals surface area (Å²) in [6.07, 6.45) is 0. The van der Waals surface area contributed by atoms with Gasteiger partial charge in [-0.3, -0.25) is 9.59 Å². The van der Waals surface area contributed by atoms with E-state index in [0.29, 0.717) is 16.8 Å². The molecule has 0 saturated heterocycles. The molecule has 0 radical (unpaired) electrons. The van der Waals surface area contributed by atoms with Crippen molar-refractivity contribution in [3.63, 3.8) is 0 Å². The highest BCUT2D eigenvalue weighted by atomic mass is 16.2. The first-order valence-electron chi connectivity index (χ1n) is 7.04. The Hall–Kier alpha value is -2.88. The lowest BCUT2D eigenvalue weighted by atomic mass is 10.1. The topological polar surface area (TPSA) is 51.1 Å². The van der Waals surface area contributed by atoms with Crippen molar-refractivity contribution in [3.8, 4) is 0 Å². The van der Waals surface area contributed by atoms with Gasteiger partial charge in [0.15, 0.2) is 0 Å². The number of nitrogens with one attached hydrogen (secondary N) is 1. The van der Waals surface area contributed by atoms with Gasteiger partial charge in [-0.2, -0.15) is 0 Å². The van der Waals surface area contributed by atoms with E-state index in [1.165, 1.54) is 0 Å². The fourth-order valence-corrected chi connectivity index (χ4v) is 2.59. The molecule has 0 unspecified atom stereocenters. The average molecular weight is 292 g/mol. The Bertz CT molecular complexity index is 912. The highest BCUT2D eigenvalue weighted by Crippen LogP contribution is 2.16. The van der Waals surface area contributed by atoms with Gasteiger partial charge in [0.05, 0.1) is 5.52 Å². The summed E-state index contributed by atoms with van der Waals surface area (Å²) in [6.45, 7) is 1.79. The zero-order valence-electron chi connectivity index (χ0n) is 12.5. The Balaban J connectivity index is 2.15. The van der Waals surface area contributed by atoms with Gasteiger partial charge in [0.2, 0.25) is 5.43 Å². The molecule has 3 aromatic rings. The summed E-state index contributed by atoms with van der Waals surface area (Å²) in [4.78, 5) is 25.2. The predicted molar refractivity (Wildman–Crippen MR) is 88.3 cm³/mol. The quantitative estimate of drug-likeness (QED) is 0.789. The molecule has 0 atom stereocenters. The number of carbonyl (C=O) groups excluding carboxylic acids is 1. The molecule has 4 heteroatoms. The second-order valence-corrected chi connectivity index (χ2v) is 5.19. The van der Waals surface area contributed by atoms with Crippen LogP contribution in [0.2, 0.25) is 0 Å². The van der Waals surface area contributed by atoms with Crippen molar-refractivity contribution >= 4 is 22.5 Å². The average Bonchev–Trinajstić information content (AvgIpc) is 2.54. The minimum absolute atomic E-state index is 0.185. The largest absolute Gasteiger partial charge is 0.347 e. The Morgan fingerprint density at radius 3 is 2.36 bits per heavy atom. The number of amides is 1. The Kier molecular flexibility index (Phi) is 3.51. The lowest BCUT2D eigenvalue weighted by molar-refractivity contribution is 0.102. The van der Waals surface area contributed by atoms with Gasteiger partial charge in [0.25, 0.3) is 5.91 Å². The third kappa shape index (κ3) is 2.29. The van der Waals surface area contributed by atoms with Crippen LogP contribution in [0, 0.1) is 6.92 Å². The van der Waals surface area contributed by atoms with Gasteiger partial charge >= 0.3 is 0 Å². The number of nitrogens with zero attached hydrogens (tertiary/aromatic N) is 1. The molecule has 0 aliphatic rings. The summed E-state index contributed by atoms with van der Waals surface area (Å²) >= 11 is 0. The van der Waals surface area contributed by atoms with E-state index < -0.39 is 0 Å². The zero-order valence-corrected chi connectivity index (χ0v) is 12.5. The molecule has 1 N–H and O–H groups in total. The predicted octanol–water partition coefficient (Wildman–Crippen LogP) is 3.10. The third-order valence-electron chi connectivity index (χ3n) is 3.86. The highest BCUT2D eigenvalue weighted by molar-refractivity contribution is 6.06. The van der Waals surface area contributed by atoms with Gasteiger partial charge in [-0.15, -0.1) is 0 Å². The molecule has 1 amide bonds. The molecule has 22 heavy (non-hydrogen) atoms. The van der Waals surface area contributed by atoms with E-state index in [1.54, 1.807) is 31.2 Å². The minimum atomic E-state index is -0.380. The maximum absolute atomic E-state index is 12.7. The number of rotatable bonds is 2. The number of aryl methyl sites for hydroxylation is 1. The van der Waals surface area contributed by atoms with Gasteiger partial charge < -0.3 is 9.88 Å². The number of benzene rings is 2. The van der Waals surface area contributed by atoms with Crippen molar-refractivity contribution in [2.45, 2.75) is 6.92 Å². The van der Waals surface area contributed by atoms with Crippen LogP contribution in [0.1, 0.15) is 16.1 Å². The molecule has 0 aliphatic carbocycles. The molecule has 0 spiro atoms. The number of fused-ring (bicyclic) bond motifs is 1. The highest BCUT2D eigenvalue weighted by Gasteiger charge is 2.18. The van der Waals surface area contributed by atoms with Gasteiger partial charge in [0, 0.05) is 23.8 Å². The van der Waals surface area contributed by atoms with Crippen LogP contribution in [0.15, 0.2) is 59.4 Å². The summed E-state index contributed by atoms with van der Waals surface area (Å²) in [5, 5.41) is 3.33. The van der Waals surface area contributed by atoms with Crippen LogP contribution in [0.5, 0.6) is 0 Å². The zero-order chi connectivity index (χ0) is 15.7. The van der Waals surface area contributed by atoms with E-state index >= 15 is 0 Å². The molecule has 0 bridgehead atoms. The first-order chi connectivity index (χ1) is 10.6. The van der Waals surface area contributed by atoms with Crippen molar-refractivity contribution in [2.75, 3.05) is 5.32 Å². The van der Waals surface area contributed by atoms with E-state index in [-0.39, 0.29) is 16.9 Å². The molecule has 0 fully saturated rings. The molecular weight excluding hydrogens is 276 g/mol. The smallest absolute Gasteiger partial charge is 0.261 e. The van der Waals surface area contributed by atoms with E-state index in [1.807, 2.05) is 41.9 Å². The maximum atomic E-state index is 12.7. The van der Waals surface area contributed by atoms with Crippen LogP contribution in [-0.2, 0) is 7.05 Å². The van der Waals surface area contributed by atoms with Crippen molar-refractivity contribution in [3.05, 3.63) is 76.1 Å². The Morgan fingerprint density at radius 2 is 1.64 bits per heavy atom. The first-order valence-corrected chi connectivity index (χ1v) is 7.04.